The molecule has 0 atom stereocenters. The van der Waals surface area contributed by atoms with Crippen LogP contribution in [0.5, 0.6) is 5.88 Å². The van der Waals surface area contributed by atoms with E-state index in [1.807, 2.05) is 19.1 Å². The molecule has 0 radical (unpaired) electrons. The van der Waals surface area contributed by atoms with Gasteiger partial charge in [-0.3, -0.25) is 0 Å². The van der Waals surface area contributed by atoms with Crippen molar-refractivity contribution in [3.63, 3.8) is 0 Å². The van der Waals surface area contributed by atoms with Gasteiger partial charge in [0.05, 0.1) is 12.7 Å². The molecule has 0 saturated heterocycles. The van der Waals surface area contributed by atoms with Crippen molar-refractivity contribution in [1.29, 1.82) is 0 Å². The fourth-order valence-corrected chi connectivity index (χ4v) is 1.61. The van der Waals surface area contributed by atoms with E-state index in [-0.39, 0.29) is 0 Å². The Bertz CT molecular complexity index is 494. The molecule has 0 aliphatic heterocycles. The van der Waals surface area contributed by atoms with Crippen molar-refractivity contribution in [2.45, 2.75) is 13.3 Å². The highest BCUT2D eigenvalue weighted by atomic mass is 16.5. The van der Waals surface area contributed by atoms with E-state index in [9.17, 15) is 0 Å². The summed E-state index contributed by atoms with van der Waals surface area (Å²) in [4.78, 5) is 4.11. The third kappa shape index (κ3) is 1.60. The van der Waals surface area contributed by atoms with Gasteiger partial charge in [0.1, 0.15) is 5.69 Å². The lowest BCUT2D eigenvalue weighted by Gasteiger charge is -2.04. The van der Waals surface area contributed by atoms with Crippen molar-refractivity contribution in [3.8, 4) is 17.1 Å². The molecular weight excluding hydrogens is 206 g/mol. The van der Waals surface area contributed by atoms with Gasteiger partial charge in [-0.1, -0.05) is 12.1 Å². The number of methoxy groups -OCH3 is 1. The number of rotatable bonds is 3. The Labute approximate surface area is 93.2 Å². The first-order chi connectivity index (χ1) is 7.77. The van der Waals surface area contributed by atoms with E-state index >= 15 is 0 Å². The van der Waals surface area contributed by atoms with Crippen molar-refractivity contribution in [2.75, 3.05) is 12.8 Å². The second-order valence-electron chi connectivity index (χ2n) is 3.29. The molecule has 0 fully saturated rings. The van der Waals surface area contributed by atoms with Crippen LogP contribution in [0.1, 0.15) is 12.5 Å². The Balaban J connectivity index is 2.58. The third-order valence-electron chi connectivity index (χ3n) is 2.39. The number of ether oxygens (including phenoxy) is 1. The van der Waals surface area contributed by atoms with Gasteiger partial charge in [-0.2, -0.15) is 0 Å². The van der Waals surface area contributed by atoms with E-state index in [4.69, 9.17) is 15.0 Å². The van der Waals surface area contributed by atoms with Gasteiger partial charge in [-0.15, -0.1) is 0 Å². The number of aromatic nitrogens is 2. The molecule has 2 aromatic rings. The van der Waals surface area contributed by atoms with Crippen molar-refractivity contribution in [1.82, 2.24) is 10.1 Å². The molecule has 2 aromatic heterocycles. The van der Waals surface area contributed by atoms with E-state index in [2.05, 4.69) is 10.1 Å². The van der Waals surface area contributed by atoms with Gasteiger partial charge in [0.25, 0.3) is 0 Å². The maximum absolute atomic E-state index is 5.69. The van der Waals surface area contributed by atoms with Gasteiger partial charge >= 0.3 is 0 Å². The van der Waals surface area contributed by atoms with Gasteiger partial charge in [-0.25, -0.2) is 4.98 Å². The lowest BCUT2D eigenvalue weighted by Crippen LogP contribution is -1.94. The predicted octanol–water partition coefficient (Wildman–Crippen LogP) is 1.89. The summed E-state index contributed by atoms with van der Waals surface area (Å²) in [6.07, 6.45) is 2.42. The van der Waals surface area contributed by atoms with Crippen LogP contribution in [0.3, 0.4) is 0 Å². The first-order valence-electron chi connectivity index (χ1n) is 5.01. The minimum absolute atomic E-state index is 0.350. The highest BCUT2D eigenvalue weighted by Crippen LogP contribution is 2.32. The molecule has 0 aromatic carbocycles. The Kier molecular flexibility index (Phi) is 2.76. The van der Waals surface area contributed by atoms with Crippen LogP contribution >= 0.6 is 0 Å². The zero-order chi connectivity index (χ0) is 11.5. The summed E-state index contributed by atoms with van der Waals surface area (Å²) in [5.74, 6) is 0.869. The maximum Gasteiger partial charge on any atom is 0.225 e. The van der Waals surface area contributed by atoms with E-state index in [1.54, 1.807) is 13.3 Å². The number of pyridine rings is 1. The zero-order valence-electron chi connectivity index (χ0n) is 9.23. The monoisotopic (exact) mass is 219 g/mol. The maximum atomic E-state index is 5.69. The van der Waals surface area contributed by atoms with Gasteiger partial charge in [-0.05, 0) is 18.6 Å². The summed E-state index contributed by atoms with van der Waals surface area (Å²) < 4.78 is 10.2. The molecule has 5 nitrogen and oxygen atoms in total. The van der Waals surface area contributed by atoms with Gasteiger partial charge in [0.2, 0.25) is 11.8 Å². The lowest BCUT2D eigenvalue weighted by molar-refractivity contribution is 0.398. The van der Waals surface area contributed by atoms with Crippen molar-refractivity contribution < 1.29 is 9.26 Å². The second kappa shape index (κ2) is 4.22. The summed E-state index contributed by atoms with van der Waals surface area (Å²) in [5.41, 5.74) is 8.06. The summed E-state index contributed by atoms with van der Waals surface area (Å²) in [6.45, 7) is 2.00. The van der Waals surface area contributed by atoms with E-state index in [1.165, 1.54) is 0 Å². The number of nitrogens with zero attached hydrogens (tertiary/aromatic N) is 2. The first-order valence-corrected chi connectivity index (χ1v) is 5.01. The molecule has 0 aliphatic rings. The third-order valence-corrected chi connectivity index (χ3v) is 2.39. The molecule has 2 heterocycles. The van der Waals surface area contributed by atoms with Crippen LogP contribution in [0.15, 0.2) is 22.9 Å². The highest BCUT2D eigenvalue weighted by Gasteiger charge is 2.17. The molecular formula is C11H13N3O2. The van der Waals surface area contributed by atoms with Gasteiger partial charge in [0, 0.05) is 11.8 Å². The topological polar surface area (TPSA) is 74.2 Å². The molecule has 84 valence electrons. The molecule has 0 bridgehead atoms. The molecule has 0 amide bonds. The SMILES string of the molecule is CCc1c(-c2cccnc2OC)noc1N. The molecule has 0 spiro atoms. The van der Waals surface area contributed by atoms with Crippen LogP contribution < -0.4 is 10.5 Å². The zero-order valence-corrected chi connectivity index (χ0v) is 9.23. The summed E-state index contributed by atoms with van der Waals surface area (Å²) in [6, 6.07) is 3.70. The smallest absolute Gasteiger partial charge is 0.225 e. The Morgan fingerprint density at radius 3 is 3.00 bits per heavy atom. The van der Waals surface area contributed by atoms with E-state index in [0.29, 0.717) is 17.5 Å². The fourth-order valence-electron chi connectivity index (χ4n) is 1.61. The Hall–Kier alpha value is -2.04. The fraction of sp³-hybridized carbons (Fsp3) is 0.273. The van der Waals surface area contributed by atoms with E-state index in [0.717, 1.165) is 17.5 Å². The number of nitrogen functional groups attached to an aromatic ring is 1. The molecule has 5 heteroatoms. The summed E-state index contributed by atoms with van der Waals surface area (Å²) in [5, 5.41) is 3.95. The van der Waals surface area contributed by atoms with Crippen molar-refractivity contribution >= 4 is 5.88 Å². The minimum atomic E-state index is 0.350. The molecule has 0 unspecified atom stereocenters. The van der Waals surface area contributed by atoms with Crippen LogP contribution in [0.4, 0.5) is 5.88 Å². The quantitative estimate of drug-likeness (QED) is 0.853. The number of hydrogen-bond donors (Lipinski definition) is 1. The number of anilines is 1. The highest BCUT2D eigenvalue weighted by molar-refractivity contribution is 5.70. The lowest BCUT2D eigenvalue weighted by atomic mass is 10.1. The molecule has 16 heavy (non-hydrogen) atoms. The minimum Gasteiger partial charge on any atom is -0.481 e. The first kappa shape index (κ1) is 10.5. The average molecular weight is 219 g/mol. The van der Waals surface area contributed by atoms with Crippen LogP contribution in [-0.4, -0.2) is 17.3 Å². The Morgan fingerprint density at radius 1 is 1.50 bits per heavy atom. The molecule has 2 N–H and O–H groups in total. The average Bonchev–Trinajstić information content (AvgIpc) is 2.70. The molecule has 0 saturated carbocycles. The summed E-state index contributed by atoms with van der Waals surface area (Å²) in [7, 11) is 1.57. The molecule has 2 rings (SSSR count). The standard InChI is InChI=1S/C11H13N3O2/c1-3-7-9(14-16-10(7)12)8-5-4-6-13-11(8)15-2/h4-6H,3,12H2,1-2H3. The van der Waals surface area contributed by atoms with Crippen LogP contribution in [0, 0.1) is 0 Å². The molecule has 0 aliphatic carbocycles. The normalized spacial score (nSPS) is 10.4. The van der Waals surface area contributed by atoms with Crippen LogP contribution in [0.25, 0.3) is 11.3 Å². The predicted molar refractivity (Wildman–Crippen MR) is 60.1 cm³/mol. The van der Waals surface area contributed by atoms with Crippen molar-refractivity contribution in [2.24, 2.45) is 0 Å². The van der Waals surface area contributed by atoms with Crippen LogP contribution in [0.2, 0.25) is 0 Å². The van der Waals surface area contributed by atoms with E-state index < -0.39 is 0 Å². The summed E-state index contributed by atoms with van der Waals surface area (Å²) >= 11 is 0. The van der Waals surface area contributed by atoms with Crippen molar-refractivity contribution in [3.05, 3.63) is 23.9 Å². The van der Waals surface area contributed by atoms with Gasteiger partial charge in [0.15, 0.2) is 0 Å². The largest absolute Gasteiger partial charge is 0.481 e. The number of hydrogen-bond acceptors (Lipinski definition) is 5. The number of nitrogens with two attached hydrogens (primary N) is 1. The second-order valence-corrected chi connectivity index (χ2v) is 3.29. The van der Waals surface area contributed by atoms with Crippen LogP contribution in [-0.2, 0) is 6.42 Å². The Morgan fingerprint density at radius 2 is 2.31 bits per heavy atom. The van der Waals surface area contributed by atoms with Gasteiger partial charge < -0.3 is 15.0 Å².